The second-order valence-corrected chi connectivity index (χ2v) is 6.53. The van der Waals surface area contributed by atoms with Gasteiger partial charge in [0, 0.05) is 19.0 Å². The number of amides is 1. The number of hydrogen-bond acceptors (Lipinski definition) is 3. The average Bonchev–Trinajstić information content (AvgIpc) is 2.39. The van der Waals surface area contributed by atoms with E-state index in [9.17, 15) is 9.59 Å². The van der Waals surface area contributed by atoms with Crippen LogP contribution in [0, 0.1) is 5.41 Å². The van der Waals surface area contributed by atoms with Crippen LogP contribution >= 0.6 is 0 Å². The molecule has 1 aliphatic heterocycles. The fourth-order valence-corrected chi connectivity index (χ4v) is 2.26. The smallest absolute Gasteiger partial charge is 0.410 e. The molecule has 0 spiro atoms. The van der Waals surface area contributed by atoms with Gasteiger partial charge in [0.2, 0.25) is 0 Å². The highest BCUT2D eigenvalue weighted by atomic mass is 16.6. The lowest BCUT2D eigenvalue weighted by Crippen LogP contribution is -2.40. The van der Waals surface area contributed by atoms with Crippen LogP contribution in [0.25, 0.3) is 0 Å². The molecule has 0 aromatic rings. The first kappa shape index (κ1) is 14.0. The van der Waals surface area contributed by atoms with Crippen molar-refractivity contribution in [2.45, 2.75) is 59.1 Å². The largest absolute Gasteiger partial charge is 0.444 e. The normalized spacial score (nSPS) is 23.6. The van der Waals surface area contributed by atoms with Crippen LogP contribution < -0.4 is 0 Å². The van der Waals surface area contributed by atoms with Gasteiger partial charge in [0.25, 0.3) is 0 Å². The Morgan fingerprint density at radius 3 is 2.53 bits per heavy atom. The first-order valence-corrected chi connectivity index (χ1v) is 6.08. The minimum Gasteiger partial charge on any atom is -0.444 e. The average molecular weight is 241 g/mol. The highest BCUT2D eigenvalue weighted by Gasteiger charge is 2.41. The summed E-state index contributed by atoms with van der Waals surface area (Å²) in [5.74, 6) is 0. The maximum Gasteiger partial charge on any atom is 0.410 e. The van der Waals surface area contributed by atoms with Crippen LogP contribution in [0.5, 0.6) is 0 Å². The van der Waals surface area contributed by atoms with E-state index >= 15 is 0 Å². The number of rotatable bonds is 2. The van der Waals surface area contributed by atoms with Crippen molar-refractivity contribution in [1.29, 1.82) is 0 Å². The van der Waals surface area contributed by atoms with Crippen molar-refractivity contribution in [2.75, 3.05) is 6.54 Å². The van der Waals surface area contributed by atoms with Gasteiger partial charge in [0.05, 0.1) is 0 Å². The Kier molecular flexibility index (Phi) is 3.84. The predicted molar refractivity (Wildman–Crippen MR) is 65.8 cm³/mol. The number of carbonyl (C=O) groups excluding carboxylic acids is 2. The van der Waals surface area contributed by atoms with Gasteiger partial charge >= 0.3 is 6.09 Å². The third-order valence-corrected chi connectivity index (χ3v) is 2.82. The first-order valence-electron chi connectivity index (χ1n) is 6.08. The van der Waals surface area contributed by atoms with E-state index in [0.29, 0.717) is 13.0 Å². The van der Waals surface area contributed by atoms with Crippen LogP contribution in [0.15, 0.2) is 0 Å². The molecule has 1 atom stereocenters. The Labute approximate surface area is 103 Å². The van der Waals surface area contributed by atoms with Crippen molar-refractivity contribution in [3.63, 3.8) is 0 Å². The fraction of sp³-hybridized carbons (Fsp3) is 0.846. The third-order valence-electron chi connectivity index (χ3n) is 2.82. The molecule has 0 aromatic heterocycles. The van der Waals surface area contributed by atoms with Gasteiger partial charge in [-0.2, -0.15) is 0 Å². The van der Waals surface area contributed by atoms with E-state index in [-0.39, 0.29) is 17.6 Å². The van der Waals surface area contributed by atoms with Crippen LogP contribution in [-0.2, 0) is 9.53 Å². The number of aldehydes is 1. The van der Waals surface area contributed by atoms with Crippen molar-refractivity contribution in [3.05, 3.63) is 0 Å². The van der Waals surface area contributed by atoms with E-state index in [4.69, 9.17) is 4.74 Å². The SMILES string of the molecule is CC1(C)CC(CC=O)N(C(=O)OC(C)(C)C)C1. The summed E-state index contributed by atoms with van der Waals surface area (Å²) in [6.07, 6.45) is 1.81. The molecule has 0 aliphatic carbocycles. The summed E-state index contributed by atoms with van der Waals surface area (Å²) in [6, 6.07) is -0.0163. The van der Waals surface area contributed by atoms with Gasteiger partial charge in [0.1, 0.15) is 11.9 Å². The van der Waals surface area contributed by atoms with E-state index in [2.05, 4.69) is 13.8 Å². The summed E-state index contributed by atoms with van der Waals surface area (Å²) in [6.45, 7) is 10.4. The van der Waals surface area contributed by atoms with Crippen molar-refractivity contribution in [3.8, 4) is 0 Å². The zero-order valence-electron chi connectivity index (χ0n) is 11.4. The van der Waals surface area contributed by atoms with Gasteiger partial charge in [-0.1, -0.05) is 13.8 Å². The predicted octanol–water partition coefficient (Wildman–Crippen LogP) is 2.61. The van der Waals surface area contributed by atoms with Crippen molar-refractivity contribution in [1.82, 2.24) is 4.90 Å². The summed E-state index contributed by atoms with van der Waals surface area (Å²) in [5.41, 5.74) is -0.430. The Balaban J connectivity index is 2.73. The standard InChI is InChI=1S/C13H23NO3/c1-12(2,3)17-11(16)14-9-13(4,5)8-10(14)6-7-15/h7,10H,6,8-9H2,1-5H3. The summed E-state index contributed by atoms with van der Waals surface area (Å²) >= 11 is 0. The van der Waals surface area contributed by atoms with E-state index < -0.39 is 5.60 Å². The number of hydrogen-bond donors (Lipinski definition) is 0. The minimum absolute atomic E-state index is 0.0163. The Morgan fingerprint density at radius 2 is 2.06 bits per heavy atom. The molecule has 1 fully saturated rings. The van der Waals surface area contributed by atoms with E-state index in [1.54, 1.807) is 4.90 Å². The molecule has 0 saturated carbocycles. The molecule has 0 radical (unpaired) electrons. The van der Waals surface area contributed by atoms with Crippen LogP contribution in [0.1, 0.15) is 47.5 Å². The van der Waals surface area contributed by atoms with Crippen molar-refractivity contribution >= 4 is 12.4 Å². The molecule has 1 amide bonds. The molecule has 1 unspecified atom stereocenters. The molecule has 0 aromatic carbocycles. The Bertz CT molecular complexity index is 304. The molecule has 0 N–H and O–H groups in total. The van der Waals surface area contributed by atoms with E-state index in [1.807, 2.05) is 20.8 Å². The van der Waals surface area contributed by atoms with Crippen molar-refractivity contribution in [2.24, 2.45) is 5.41 Å². The summed E-state index contributed by atoms with van der Waals surface area (Å²) in [7, 11) is 0. The molecule has 4 nitrogen and oxygen atoms in total. The zero-order chi connectivity index (χ0) is 13.3. The summed E-state index contributed by atoms with van der Waals surface area (Å²) in [4.78, 5) is 24.4. The molecule has 17 heavy (non-hydrogen) atoms. The van der Waals surface area contributed by atoms with Gasteiger partial charge in [-0.3, -0.25) is 0 Å². The maximum atomic E-state index is 12.0. The number of nitrogens with zero attached hydrogens (tertiary/aromatic N) is 1. The summed E-state index contributed by atoms with van der Waals surface area (Å²) in [5, 5.41) is 0. The van der Waals surface area contributed by atoms with Gasteiger partial charge in [-0.15, -0.1) is 0 Å². The maximum absolute atomic E-state index is 12.0. The van der Waals surface area contributed by atoms with Gasteiger partial charge < -0.3 is 14.4 Å². The van der Waals surface area contributed by atoms with Gasteiger partial charge in [-0.05, 0) is 32.6 Å². The number of ether oxygens (including phenoxy) is 1. The zero-order valence-corrected chi connectivity index (χ0v) is 11.4. The number of carbonyl (C=O) groups is 2. The lowest BCUT2D eigenvalue weighted by Gasteiger charge is -2.28. The monoisotopic (exact) mass is 241 g/mol. The molecular formula is C13H23NO3. The molecule has 1 rings (SSSR count). The van der Waals surface area contributed by atoms with Crippen LogP contribution in [0.4, 0.5) is 4.79 Å². The van der Waals surface area contributed by atoms with Gasteiger partial charge in [-0.25, -0.2) is 4.79 Å². The molecule has 1 aliphatic rings. The molecule has 1 saturated heterocycles. The first-order chi connectivity index (χ1) is 7.64. The van der Waals surface area contributed by atoms with E-state index in [0.717, 1.165) is 12.7 Å². The minimum atomic E-state index is -0.491. The van der Waals surface area contributed by atoms with Crippen LogP contribution in [0.3, 0.4) is 0 Å². The topological polar surface area (TPSA) is 46.6 Å². The van der Waals surface area contributed by atoms with E-state index in [1.165, 1.54) is 0 Å². The number of likely N-dealkylation sites (tertiary alicyclic amines) is 1. The highest BCUT2D eigenvalue weighted by molar-refractivity contribution is 5.70. The third kappa shape index (κ3) is 4.02. The molecule has 98 valence electrons. The van der Waals surface area contributed by atoms with Crippen LogP contribution in [-0.4, -0.2) is 35.5 Å². The summed E-state index contributed by atoms with van der Waals surface area (Å²) < 4.78 is 5.36. The lowest BCUT2D eigenvalue weighted by molar-refractivity contribution is -0.108. The fourth-order valence-electron chi connectivity index (χ4n) is 2.26. The second-order valence-electron chi connectivity index (χ2n) is 6.53. The molecule has 4 heteroatoms. The quantitative estimate of drug-likeness (QED) is 0.698. The van der Waals surface area contributed by atoms with Crippen LogP contribution in [0.2, 0.25) is 0 Å². The Hall–Kier alpha value is -1.06. The second kappa shape index (κ2) is 4.67. The van der Waals surface area contributed by atoms with Crippen molar-refractivity contribution < 1.29 is 14.3 Å². The lowest BCUT2D eigenvalue weighted by atomic mass is 9.90. The Morgan fingerprint density at radius 1 is 1.47 bits per heavy atom. The van der Waals surface area contributed by atoms with Gasteiger partial charge in [0.15, 0.2) is 0 Å². The molecule has 0 bridgehead atoms. The molecule has 1 heterocycles. The molecular weight excluding hydrogens is 218 g/mol. The highest BCUT2D eigenvalue weighted by Crippen LogP contribution is 2.35.